The Morgan fingerprint density at radius 3 is 2.31 bits per heavy atom. The molecular weight excluding hydrogens is 647 g/mol. The number of aryl methyl sites for hydroxylation is 1. The first kappa shape index (κ1) is 36.2. The van der Waals surface area contributed by atoms with Gasteiger partial charge in [-0.1, -0.05) is 18.2 Å². The van der Waals surface area contributed by atoms with Crippen LogP contribution in [0.2, 0.25) is 0 Å². The number of hydrogen-bond donors (Lipinski definition) is 0. The Bertz CT molecular complexity index is 1800. The van der Waals surface area contributed by atoms with Crippen molar-refractivity contribution < 1.29 is 22.3 Å². The number of aromatic nitrogens is 2. The van der Waals surface area contributed by atoms with Crippen molar-refractivity contribution in [2.45, 2.75) is 62.5 Å². The molecule has 0 radical (unpaired) electrons. The van der Waals surface area contributed by atoms with E-state index >= 15 is 0 Å². The van der Waals surface area contributed by atoms with Gasteiger partial charge in [0.25, 0.3) is 5.56 Å². The molecule has 0 N–H and O–H groups in total. The van der Waals surface area contributed by atoms with Crippen LogP contribution in [0.1, 0.15) is 50.8 Å². The molecule has 264 valence electrons. The van der Waals surface area contributed by atoms with E-state index in [2.05, 4.69) is 11.5 Å². The van der Waals surface area contributed by atoms with Crippen molar-refractivity contribution in [3.63, 3.8) is 0 Å². The molecule has 0 bridgehead atoms. The molecular formula is C36H47FN6O5S. The predicted octanol–water partition coefficient (Wildman–Crippen LogP) is 4.66. The van der Waals surface area contributed by atoms with Gasteiger partial charge in [0.1, 0.15) is 11.4 Å². The zero-order valence-corrected chi connectivity index (χ0v) is 29.8. The van der Waals surface area contributed by atoms with Gasteiger partial charge in [-0.3, -0.25) is 14.3 Å². The molecule has 49 heavy (non-hydrogen) atoms. The second-order valence-electron chi connectivity index (χ2n) is 13.8. The molecule has 11 nitrogen and oxygen atoms in total. The molecule has 1 saturated heterocycles. The highest BCUT2D eigenvalue weighted by molar-refractivity contribution is 7.89. The molecule has 1 aliphatic carbocycles. The van der Waals surface area contributed by atoms with E-state index in [0.717, 1.165) is 41.5 Å². The summed E-state index contributed by atoms with van der Waals surface area (Å²) in [6, 6.07) is 13.3. The van der Waals surface area contributed by atoms with Crippen LogP contribution in [0.4, 0.5) is 15.0 Å². The molecule has 13 heteroatoms. The van der Waals surface area contributed by atoms with Crippen molar-refractivity contribution >= 4 is 21.9 Å². The van der Waals surface area contributed by atoms with Crippen molar-refractivity contribution in [2.24, 2.45) is 0 Å². The minimum Gasteiger partial charge on any atom is -0.444 e. The quantitative estimate of drug-likeness (QED) is 0.252. The third-order valence-corrected chi connectivity index (χ3v) is 10.7. The van der Waals surface area contributed by atoms with E-state index in [0.29, 0.717) is 50.2 Å². The van der Waals surface area contributed by atoms with E-state index in [1.807, 2.05) is 43.9 Å². The molecule has 1 aliphatic heterocycles. The highest BCUT2D eigenvalue weighted by Gasteiger charge is 2.42. The molecule has 1 aromatic heterocycles. The second kappa shape index (κ2) is 14.8. The van der Waals surface area contributed by atoms with E-state index in [-0.39, 0.29) is 28.2 Å². The van der Waals surface area contributed by atoms with Crippen LogP contribution in [-0.2, 0) is 21.2 Å². The number of piperazine rings is 1. The number of hydrogen-bond acceptors (Lipinski definition) is 8. The average Bonchev–Trinajstić information content (AvgIpc) is 3.85. The van der Waals surface area contributed by atoms with Gasteiger partial charge in [-0.15, -0.1) is 6.58 Å². The van der Waals surface area contributed by atoms with Gasteiger partial charge in [-0.05, 0) is 88.5 Å². The number of benzene rings is 2. The first-order valence-electron chi connectivity index (χ1n) is 16.7. The van der Waals surface area contributed by atoms with Crippen LogP contribution in [-0.4, -0.2) is 103 Å². The maximum absolute atomic E-state index is 14.0. The van der Waals surface area contributed by atoms with E-state index in [4.69, 9.17) is 9.72 Å². The molecule has 2 fully saturated rings. The van der Waals surface area contributed by atoms with Gasteiger partial charge in [0.05, 0.1) is 10.6 Å². The van der Waals surface area contributed by atoms with Crippen LogP contribution in [0.3, 0.4) is 0 Å². The Balaban J connectivity index is 1.36. The number of amides is 1. The molecule has 0 spiro atoms. The van der Waals surface area contributed by atoms with Crippen molar-refractivity contribution in [2.75, 3.05) is 58.3 Å². The lowest BCUT2D eigenvalue weighted by Crippen LogP contribution is -2.51. The fraction of sp³-hybridized carbons (Fsp3) is 0.472. The Labute approximate surface area is 288 Å². The summed E-state index contributed by atoms with van der Waals surface area (Å²) in [5.74, 6) is 0.398. The normalized spacial score (nSPS) is 18.2. The van der Waals surface area contributed by atoms with Gasteiger partial charge in [0.15, 0.2) is 5.82 Å². The zero-order valence-electron chi connectivity index (χ0n) is 29.0. The summed E-state index contributed by atoms with van der Waals surface area (Å²) in [5.41, 5.74) is 1.44. The third kappa shape index (κ3) is 8.75. The third-order valence-electron chi connectivity index (χ3n) is 8.83. The fourth-order valence-electron chi connectivity index (χ4n) is 6.14. The van der Waals surface area contributed by atoms with Crippen molar-refractivity contribution in [1.82, 2.24) is 23.7 Å². The maximum Gasteiger partial charge on any atom is 0.410 e. The number of anilines is 1. The molecule has 2 heterocycles. The molecule has 0 unspecified atom stereocenters. The smallest absolute Gasteiger partial charge is 0.410 e. The SMILES string of the molecule is C=CCN(CCCc1cn(-c2ccc(S(=O)(=O)N(C)C)cc2)c(=O)c(N2CCN(C(=O)OC(C)(C)C)CC2)n1)[C@@H]1C[C@H]1c1ccc(F)cc1. The lowest BCUT2D eigenvalue weighted by Gasteiger charge is -2.36. The van der Waals surface area contributed by atoms with Crippen molar-refractivity contribution in [1.29, 1.82) is 0 Å². The molecule has 1 amide bonds. The predicted molar refractivity (Wildman–Crippen MR) is 188 cm³/mol. The standard InChI is InChI=1S/C36H47FN6O5S/c1-7-18-40(32-24-31(32)26-10-12-27(37)13-11-26)19-8-9-28-25-43(29-14-16-30(17-15-29)49(46,47)39(5)6)34(44)33(38-28)41-20-22-42(23-21-41)35(45)48-36(2,3)4/h7,10-17,25,31-32H,1,8-9,18-24H2,2-6H3/t31-,32+/m0/s1. The Hall–Kier alpha value is -4.07. The monoisotopic (exact) mass is 694 g/mol. The minimum atomic E-state index is -3.64. The van der Waals surface area contributed by atoms with E-state index in [1.54, 1.807) is 23.2 Å². The number of carbonyl (C=O) groups is 1. The van der Waals surface area contributed by atoms with Gasteiger partial charge in [-0.25, -0.2) is 26.9 Å². The number of ether oxygens (including phenoxy) is 1. The van der Waals surface area contributed by atoms with Gasteiger partial charge in [-0.2, -0.15) is 0 Å². The zero-order chi connectivity index (χ0) is 35.5. The van der Waals surface area contributed by atoms with Gasteiger partial charge in [0.2, 0.25) is 10.0 Å². The van der Waals surface area contributed by atoms with E-state index in [1.165, 1.54) is 42.9 Å². The van der Waals surface area contributed by atoms with Crippen LogP contribution in [0.25, 0.3) is 5.69 Å². The summed E-state index contributed by atoms with van der Waals surface area (Å²) in [6.45, 7) is 12.5. The Kier molecular flexibility index (Phi) is 10.9. The molecule has 2 atom stereocenters. The van der Waals surface area contributed by atoms with E-state index < -0.39 is 15.6 Å². The average molecular weight is 695 g/mol. The molecule has 2 aromatic carbocycles. The van der Waals surface area contributed by atoms with Crippen LogP contribution in [0, 0.1) is 5.82 Å². The first-order chi connectivity index (χ1) is 23.2. The fourth-order valence-corrected chi connectivity index (χ4v) is 7.04. The number of carbonyl (C=O) groups excluding carboxylic acids is 1. The lowest BCUT2D eigenvalue weighted by molar-refractivity contribution is 0.0240. The van der Waals surface area contributed by atoms with Crippen molar-refractivity contribution in [3.8, 4) is 5.69 Å². The van der Waals surface area contributed by atoms with E-state index in [9.17, 15) is 22.4 Å². The van der Waals surface area contributed by atoms with Gasteiger partial charge >= 0.3 is 6.09 Å². The summed E-state index contributed by atoms with van der Waals surface area (Å²) in [7, 11) is -0.695. The Morgan fingerprint density at radius 2 is 1.71 bits per heavy atom. The maximum atomic E-state index is 14.0. The summed E-state index contributed by atoms with van der Waals surface area (Å²) in [4.78, 5) is 37.5. The Morgan fingerprint density at radius 1 is 1.06 bits per heavy atom. The number of halogens is 1. The highest BCUT2D eigenvalue weighted by Crippen LogP contribution is 2.44. The van der Waals surface area contributed by atoms with Crippen LogP contribution in [0.15, 0.2) is 77.1 Å². The van der Waals surface area contributed by atoms with Gasteiger partial charge in [0, 0.05) is 70.7 Å². The second-order valence-corrected chi connectivity index (χ2v) is 16.0. The molecule has 5 rings (SSSR count). The largest absolute Gasteiger partial charge is 0.444 e. The molecule has 2 aliphatic rings. The number of sulfonamides is 1. The topological polar surface area (TPSA) is 108 Å². The van der Waals surface area contributed by atoms with Crippen LogP contribution < -0.4 is 10.5 Å². The summed E-state index contributed by atoms with van der Waals surface area (Å²) >= 11 is 0. The summed E-state index contributed by atoms with van der Waals surface area (Å²) in [6.07, 6.45) is 5.61. The van der Waals surface area contributed by atoms with Gasteiger partial charge < -0.3 is 14.5 Å². The first-order valence-corrected chi connectivity index (χ1v) is 18.1. The number of nitrogens with zero attached hydrogens (tertiary/aromatic N) is 6. The number of rotatable bonds is 12. The highest BCUT2D eigenvalue weighted by atomic mass is 32.2. The minimum absolute atomic E-state index is 0.128. The lowest BCUT2D eigenvalue weighted by atomic mass is 10.1. The summed E-state index contributed by atoms with van der Waals surface area (Å²) in [5, 5.41) is 0. The molecule has 3 aromatic rings. The van der Waals surface area contributed by atoms with Crippen molar-refractivity contribution in [3.05, 3.63) is 94.8 Å². The summed E-state index contributed by atoms with van der Waals surface area (Å²) < 4.78 is 47.0. The van der Waals surface area contributed by atoms with Crippen LogP contribution >= 0.6 is 0 Å². The van der Waals surface area contributed by atoms with Crippen LogP contribution in [0.5, 0.6) is 0 Å². The molecule has 1 saturated carbocycles.